The van der Waals surface area contributed by atoms with Crippen LogP contribution in [0.2, 0.25) is 0 Å². The minimum atomic E-state index is 0.111. The molecule has 156 valence electrons. The van der Waals surface area contributed by atoms with Crippen molar-refractivity contribution in [3.63, 3.8) is 0 Å². The lowest BCUT2D eigenvalue weighted by Gasteiger charge is -2.35. The van der Waals surface area contributed by atoms with Gasteiger partial charge in [-0.05, 0) is 31.9 Å². The number of benzene rings is 2. The monoisotopic (exact) mass is 402 g/mol. The third-order valence-corrected chi connectivity index (χ3v) is 5.92. The summed E-state index contributed by atoms with van der Waals surface area (Å²) in [5, 5.41) is 4.66. The Kier molecular flexibility index (Phi) is 6.00. The number of amides is 1. The van der Waals surface area contributed by atoms with E-state index in [4.69, 9.17) is 0 Å². The normalized spacial score (nSPS) is 14.8. The molecule has 2 aromatic carbocycles. The van der Waals surface area contributed by atoms with Crippen molar-refractivity contribution in [2.24, 2.45) is 0 Å². The van der Waals surface area contributed by atoms with E-state index in [2.05, 4.69) is 53.3 Å². The third kappa shape index (κ3) is 4.46. The molecule has 0 atom stereocenters. The molecule has 0 bridgehead atoms. The van der Waals surface area contributed by atoms with Crippen LogP contribution in [0.1, 0.15) is 38.4 Å². The fourth-order valence-corrected chi connectivity index (χ4v) is 4.25. The van der Waals surface area contributed by atoms with Crippen LogP contribution in [0.25, 0.3) is 0 Å². The molecule has 0 saturated carbocycles. The first-order valence-electron chi connectivity index (χ1n) is 10.7. The van der Waals surface area contributed by atoms with E-state index in [1.165, 1.54) is 16.7 Å². The predicted octanol–water partition coefficient (Wildman–Crippen LogP) is 3.81. The van der Waals surface area contributed by atoms with Gasteiger partial charge < -0.3 is 4.90 Å². The van der Waals surface area contributed by atoms with Gasteiger partial charge in [-0.3, -0.25) is 14.4 Å². The van der Waals surface area contributed by atoms with Crippen molar-refractivity contribution < 1.29 is 4.79 Å². The molecule has 1 aliphatic rings. The van der Waals surface area contributed by atoms with Gasteiger partial charge in [-0.2, -0.15) is 5.10 Å². The summed E-state index contributed by atoms with van der Waals surface area (Å²) >= 11 is 0. The largest absolute Gasteiger partial charge is 0.336 e. The van der Waals surface area contributed by atoms with Crippen molar-refractivity contribution in [3.8, 4) is 0 Å². The van der Waals surface area contributed by atoms with Gasteiger partial charge in [0.05, 0.1) is 17.8 Å². The lowest BCUT2D eigenvalue weighted by molar-refractivity contribution is 0.0627. The molecule has 1 aliphatic heterocycles. The molecule has 5 heteroatoms. The Morgan fingerprint density at radius 2 is 1.57 bits per heavy atom. The van der Waals surface area contributed by atoms with Crippen molar-refractivity contribution in [3.05, 3.63) is 88.2 Å². The zero-order chi connectivity index (χ0) is 21.1. The average molecular weight is 403 g/mol. The van der Waals surface area contributed by atoms with Crippen molar-refractivity contribution in [1.29, 1.82) is 0 Å². The summed E-state index contributed by atoms with van der Waals surface area (Å²) in [5.41, 5.74) is 6.34. The number of carbonyl (C=O) groups excluding carboxylic acids is 1. The number of nitrogens with zero attached hydrogens (tertiary/aromatic N) is 4. The topological polar surface area (TPSA) is 41.4 Å². The molecular formula is C25H30N4O. The highest BCUT2D eigenvalue weighted by Crippen LogP contribution is 2.19. The van der Waals surface area contributed by atoms with Gasteiger partial charge in [0.25, 0.3) is 5.91 Å². The molecule has 0 radical (unpaired) electrons. The SMILES string of the molecule is Cc1cccc(CN2CCN(C(=O)c3c(C)nn(Cc4ccccc4)c3C)CC2)c1. The molecule has 4 rings (SSSR count). The maximum atomic E-state index is 13.3. The summed E-state index contributed by atoms with van der Waals surface area (Å²) in [4.78, 5) is 17.7. The Bertz CT molecular complexity index is 1020. The molecular weight excluding hydrogens is 372 g/mol. The molecule has 1 amide bonds. The smallest absolute Gasteiger partial charge is 0.257 e. The summed E-state index contributed by atoms with van der Waals surface area (Å²) in [6.07, 6.45) is 0. The van der Waals surface area contributed by atoms with Gasteiger partial charge in [-0.1, -0.05) is 60.2 Å². The molecule has 1 saturated heterocycles. The Hall–Kier alpha value is -2.92. The minimum absolute atomic E-state index is 0.111. The van der Waals surface area contributed by atoms with Gasteiger partial charge in [0, 0.05) is 38.4 Å². The zero-order valence-corrected chi connectivity index (χ0v) is 18.1. The maximum absolute atomic E-state index is 13.3. The summed E-state index contributed by atoms with van der Waals surface area (Å²) in [6, 6.07) is 18.9. The highest BCUT2D eigenvalue weighted by molar-refractivity contribution is 5.96. The quantitative estimate of drug-likeness (QED) is 0.652. The summed E-state index contributed by atoms with van der Waals surface area (Å²) < 4.78 is 1.95. The van der Waals surface area contributed by atoms with E-state index in [1.807, 2.05) is 41.6 Å². The second-order valence-corrected chi connectivity index (χ2v) is 8.25. The van der Waals surface area contributed by atoms with E-state index in [9.17, 15) is 4.79 Å². The highest BCUT2D eigenvalue weighted by Gasteiger charge is 2.27. The highest BCUT2D eigenvalue weighted by atomic mass is 16.2. The Labute approximate surface area is 178 Å². The molecule has 0 N–H and O–H groups in total. The number of aryl methyl sites for hydroxylation is 2. The second kappa shape index (κ2) is 8.84. The van der Waals surface area contributed by atoms with Gasteiger partial charge in [0.15, 0.2) is 0 Å². The lowest BCUT2D eigenvalue weighted by atomic mass is 10.1. The summed E-state index contributed by atoms with van der Waals surface area (Å²) in [6.45, 7) is 11.0. The number of carbonyl (C=O) groups is 1. The second-order valence-electron chi connectivity index (χ2n) is 8.25. The van der Waals surface area contributed by atoms with Crippen LogP contribution in [-0.2, 0) is 13.1 Å². The fourth-order valence-electron chi connectivity index (χ4n) is 4.25. The molecule has 0 aliphatic carbocycles. The number of hydrogen-bond acceptors (Lipinski definition) is 3. The molecule has 0 unspecified atom stereocenters. The van der Waals surface area contributed by atoms with Crippen LogP contribution >= 0.6 is 0 Å². The molecule has 2 heterocycles. The van der Waals surface area contributed by atoms with Gasteiger partial charge in [-0.15, -0.1) is 0 Å². The first-order chi connectivity index (χ1) is 14.5. The van der Waals surface area contributed by atoms with E-state index < -0.39 is 0 Å². The number of aromatic nitrogens is 2. The van der Waals surface area contributed by atoms with Crippen molar-refractivity contribution in [2.75, 3.05) is 26.2 Å². The van der Waals surface area contributed by atoms with Crippen LogP contribution < -0.4 is 0 Å². The van der Waals surface area contributed by atoms with E-state index in [-0.39, 0.29) is 5.91 Å². The molecule has 30 heavy (non-hydrogen) atoms. The Morgan fingerprint density at radius 3 is 2.27 bits per heavy atom. The van der Waals surface area contributed by atoms with Crippen LogP contribution in [0.15, 0.2) is 54.6 Å². The third-order valence-electron chi connectivity index (χ3n) is 5.92. The standard InChI is InChI=1S/C25H30N4O/c1-19-8-7-11-23(16-19)17-27-12-14-28(15-13-27)25(30)24-20(2)26-29(21(24)3)18-22-9-5-4-6-10-22/h4-11,16H,12-15,17-18H2,1-3H3. The Morgan fingerprint density at radius 1 is 0.867 bits per heavy atom. The predicted molar refractivity (Wildman–Crippen MR) is 120 cm³/mol. The van der Waals surface area contributed by atoms with Gasteiger partial charge in [-0.25, -0.2) is 0 Å². The van der Waals surface area contributed by atoms with E-state index in [0.29, 0.717) is 6.54 Å². The van der Waals surface area contributed by atoms with E-state index in [0.717, 1.165) is 49.7 Å². The lowest BCUT2D eigenvalue weighted by Crippen LogP contribution is -2.48. The first kappa shape index (κ1) is 20.4. The van der Waals surface area contributed by atoms with Gasteiger partial charge >= 0.3 is 0 Å². The first-order valence-corrected chi connectivity index (χ1v) is 10.7. The minimum Gasteiger partial charge on any atom is -0.336 e. The van der Waals surface area contributed by atoms with Crippen LogP contribution in [0.3, 0.4) is 0 Å². The summed E-state index contributed by atoms with van der Waals surface area (Å²) in [7, 11) is 0. The number of rotatable bonds is 5. The number of hydrogen-bond donors (Lipinski definition) is 0. The maximum Gasteiger partial charge on any atom is 0.257 e. The average Bonchev–Trinajstić information content (AvgIpc) is 3.02. The molecule has 5 nitrogen and oxygen atoms in total. The van der Waals surface area contributed by atoms with Gasteiger partial charge in [0.1, 0.15) is 0 Å². The van der Waals surface area contributed by atoms with E-state index >= 15 is 0 Å². The van der Waals surface area contributed by atoms with Crippen molar-refractivity contribution in [2.45, 2.75) is 33.9 Å². The molecule has 3 aromatic rings. The number of piperazine rings is 1. The van der Waals surface area contributed by atoms with Crippen molar-refractivity contribution >= 4 is 5.91 Å². The van der Waals surface area contributed by atoms with Crippen LogP contribution in [-0.4, -0.2) is 51.7 Å². The van der Waals surface area contributed by atoms with Crippen LogP contribution in [0.5, 0.6) is 0 Å². The van der Waals surface area contributed by atoms with Crippen molar-refractivity contribution in [1.82, 2.24) is 19.6 Å². The van der Waals surface area contributed by atoms with Crippen LogP contribution in [0, 0.1) is 20.8 Å². The molecule has 0 spiro atoms. The van der Waals surface area contributed by atoms with Gasteiger partial charge in [0.2, 0.25) is 0 Å². The fraction of sp³-hybridized carbons (Fsp3) is 0.360. The van der Waals surface area contributed by atoms with Crippen LogP contribution in [0.4, 0.5) is 0 Å². The molecule has 1 aromatic heterocycles. The Balaban J connectivity index is 1.40. The van der Waals surface area contributed by atoms with E-state index in [1.54, 1.807) is 0 Å². The molecule has 1 fully saturated rings. The zero-order valence-electron chi connectivity index (χ0n) is 18.1. The summed E-state index contributed by atoms with van der Waals surface area (Å²) in [5.74, 6) is 0.111.